The number of rotatable bonds is 5. The highest BCUT2D eigenvalue weighted by Crippen LogP contribution is 2.18. The molecule has 1 aromatic heterocycles. The second kappa shape index (κ2) is 9.39. The number of ether oxygens (including phenoxy) is 1. The van der Waals surface area contributed by atoms with Gasteiger partial charge in [-0.3, -0.25) is 9.67 Å². The molecule has 2 N–H and O–H groups in total. The van der Waals surface area contributed by atoms with E-state index in [-0.39, 0.29) is 24.0 Å². The second-order valence-electron chi connectivity index (χ2n) is 5.03. The van der Waals surface area contributed by atoms with E-state index in [2.05, 4.69) is 26.8 Å². The molecule has 0 atom stereocenters. The number of hydrogen-bond acceptors (Lipinski definition) is 3. The van der Waals surface area contributed by atoms with E-state index in [0.717, 1.165) is 23.0 Å². The lowest BCUT2D eigenvalue weighted by atomic mass is 10.1. The number of halogens is 1. The molecule has 0 amide bonds. The van der Waals surface area contributed by atoms with Crippen molar-refractivity contribution in [2.75, 3.05) is 14.2 Å². The highest BCUT2D eigenvalue weighted by atomic mass is 127. The zero-order chi connectivity index (χ0) is 15.9. The third-order valence-electron chi connectivity index (χ3n) is 3.50. The summed E-state index contributed by atoms with van der Waals surface area (Å²) in [5.74, 6) is 1.66. The van der Waals surface area contributed by atoms with Crippen molar-refractivity contribution in [3.63, 3.8) is 0 Å². The zero-order valence-electron chi connectivity index (χ0n) is 14.0. The van der Waals surface area contributed by atoms with Crippen LogP contribution in [0, 0.1) is 6.92 Å². The first-order chi connectivity index (χ1) is 10.6. The van der Waals surface area contributed by atoms with Gasteiger partial charge < -0.3 is 15.4 Å². The molecule has 126 valence electrons. The number of nitrogens with zero attached hydrogens (tertiary/aromatic N) is 3. The lowest BCUT2D eigenvalue weighted by Crippen LogP contribution is -2.36. The Morgan fingerprint density at radius 2 is 2.00 bits per heavy atom. The fourth-order valence-electron chi connectivity index (χ4n) is 2.21. The molecular weight excluding hydrogens is 405 g/mol. The van der Waals surface area contributed by atoms with Crippen LogP contribution in [0.4, 0.5) is 0 Å². The fourth-order valence-corrected chi connectivity index (χ4v) is 2.21. The molecule has 2 rings (SSSR count). The molecule has 0 fully saturated rings. The van der Waals surface area contributed by atoms with Crippen molar-refractivity contribution in [2.24, 2.45) is 12.0 Å². The van der Waals surface area contributed by atoms with Gasteiger partial charge in [0, 0.05) is 26.8 Å². The summed E-state index contributed by atoms with van der Waals surface area (Å²) in [6.07, 6.45) is 1.79. The number of aliphatic imine (C=N–C) groups is 1. The second-order valence-corrected chi connectivity index (χ2v) is 5.03. The molecule has 0 aliphatic rings. The van der Waals surface area contributed by atoms with Gasteiger partial charge in [0.1, 0.15) is 5.75 Å². The maximum Gasteiger partial charge on any atom is 0.191 e. The average molecular weight is 429 g/mol. The first kappa shape index (κ1) is 19.3. The standard InChI is InChI=1S/C16H23N5O.HI/c1-12-9-13(5-6-15(12)22-4)10-18-16(17-2)19-11-14-7-8-20-21(14)3;/h5-9H,10-11H2,1-4H3,(H2,17,18,19);1H. The molecule has 6 nitrogen and oxygen atoms in total. The van der Waals surface area contributed by atoms with Crippen LogP contribution < -0.4 is 15.4 Å². The normalized spacial score (nSPS) is 10.9. The molecule has 1 heterocycles. The van der Waals surface area contributed by atoms with Crippen molar-refractivity contribution in [3.8, 4) is 5.75 Å². The minimum absolute atomic E-state index is 0. The first-order valence-electron chi connectivity index (χ1n) is 7.19. The monoisotopic (exact) mass is 429 g/mol. The molecule has 0 radical (unpaired) electrons. The van der Waals surface area contributed by atoms with E-state index in [1.54, 1.807) is 20.4 Å². The number of aromatic nitrogens is 2. The molecule has 0 bridgehead atoms. The van der Waals surface area contributed by atoms with E-state index in [1.807, 2.05) is 36.9 Å². The molecule has 0 aliphatic heterocycles. The van der Waals surface area contributed by atoms with Crippen LogP contribution in [-0.4, -0.2) is 29.9 Å². The van der Waals surface area contributed by atoms with E-state index in [0.29, 0.717) is 13.1 Å². The zero-order valence-corrected chi connectivity index (χ0v) is 16.3. The molecule has 0 spiro atoms. The predicted octanol–water partition coefficient (Wildman–Crippen LogP) is 2.22. The molecular formula is C16H24IN5O. The lowest BCUT2D eigenvalue weighted by Gasteiger charge is -2.13. The predicted molar refractivity (Wildman–Crippen MR) is 103 cm³/mol. The van der Waals surface area contributed by atoms with Crippen LogP contribution in [0.3, 0.4) is 0 Å². The van der Waals surface area contributed by atoms with Crippen molar-refractivity contribution in [1.29, 1.82) is 0 Å². The molecule has 23 heavy (non-hydrogen) atoms. The van der Waals surface area contributed by atoms with E-state index < -0.39 is 0 Å². The summed E-state index contributed by atoms with van der Waals surface area (Å²) in [5.41, 5.74) is 3.41. The summed E-state index contributed by atoms with van der Waals surface area (Å²) in [7, 11) is 5.37. The smallest absolute Gasteiger partial charge is 0.191 e. The highest BCUT2D eigenvalue weighted by molar-refractivity contribution is 14.0. The third-order valence-corrected chi connectivity index (χ3v) is 3.50. The largest absolute Gasteiger partial charge is 0.496 e. The Morgan fingerprint density at radius 3 is 2.57 bits per heavy atom. The van der Waals surface area contributed by atoms with E-state index >= 15 is 0 Å². The summed E-state index contributed by atoms with van der Waals surface area (Å²) in [5, 5.41) is 10.7. The number of aryl methyl sites for hydroxylation is 2. The maximum absolute atomic E-state index is 5.27. The molecule has 0 unspecified atom stereocenters. The van der Waals surface area contributed by atoms with Crippen molar-refractivity contribution < 1.29 is 4.74 Å². The van der Waals surface area contributed by atoms with Gasteiger partial charge in [0.25, 0.3) is 0 Å². The molecule has 0 saturated carbocycles. The summed E-state index contributed by atoms with van der Waals surface area (Å²) in [6.45, 7) is 3.42. The Kier molecular flexibility index (Phi) is 7.87. The van der Waals surface area contributed by atoms with Gasteiger partial charge in [-0.25, -0.2) is 0 Å². The van der Waals surface area contributed by atoms with Gasteiger partial charge in [0.15, 0.2) is 5.96 Å². The van der Waals surface area contributed by atoms with Crippen LogP contribution >= 0.6 is 24.0 Å². The van der Waals surface area contributed by atoms with Crippen molar-refractivity contribution in [2.45, 2.75) is 20.0 Å². The molecule has 0 saturated heterocycles. The molecule has 1 aromatic carbocycles. The van der Waals surface area contributed by atoms with Gasteiger partial charge in [-0.2, -0.15) is 5.10 Å². The Balaban J connectivity index is 0.00000264. The molecule has 7 heteroatoms. The highest BCUT2D eigenvalue weighted by Gasteiger charge is 2.03. The molecule has 0 aliphatic carbocycles. The SMILES string of the molecule is CN=C(NCc1ccc(OC)c(C)c1)NCc1ccnn1C.I. The number of methoxy groups -OCH3 is 1. The summed E-state index contributed by atoms with van der Waals surface area (Å²) < 4.78 is 7.11. The van der Waals surface area contributed by atoms with Crippen LogP contribution in [0.5, 0.6) is 5.75 Å². The number of nitrogens with one attached hydrogen (secondary N) is 2. The van der Waals surface area contributed by atoms with Crippen LogP contribution in [0.1, 0.15) is 16.8 Å². The molecule has 2 aromatic rings. The van der Waals surface area contributed by atoms with Crippen LogP contribution in [0.2, 0.25) is 0 Å². The average Bonchev–Trinajstić information content (AvgIpc) is 2.93. The Labute approximate surface area is 154 Å². The maximum atomic E-state index is 5.27. The number of guanidine groups is 1. The Morgan fingerprint density at radius 1 is 1.26 bits per heavy atom. The summed E-state index contributed by atoms with van der Waals surface area (Å²) in [6, 6.07) is 8.12. The van der Waals surface area contributed by atoms with Crippen molar-refractivity contribution in [1.82, 2.24) is 20.4 Å². The Bertz CT molecular complexity index is 654. The van der Waals surface area contributed by atoms with E-state index in [9.17, 15) is 0 Å². The van der Waals surface area contributed by atoms with Gasteiger partial charge >= 0.3 is 0 Å². The van der Waals surface area contributed by atoms with Crippen LogP contribution in [0.25, 0.3) is 0 Å². The van der Waals surface area contributed by atoms with Gasteiger partial charge in [0.05, 0.1) is 19.3 Å². The Hall–Kier alpha value is -1.77. The quantitative estimate of drug-likeness (QED) is 0.435. The number of hydrogen-bond donors (Lipinski definition) is 2. The summed E-state index contributed by atoms with van der Waals surface area (Å²) in [4.78, 5) is 4.23. The topological polar surface area (TPSA) is 63.5 Å². The lowest BCUT2D eigenvalue weighted by molar-refractivity contribution is 0.411. The minimum atomic E-state index is 0. The van der Waals surface area contributed by atoms with Gasteiger partial charge in [-0.15, -0.1) is 24.0 Å². The van der Waals surface area contributed by atoms with E-state index in [1.165, 1.54) is 5.56 Å². The van der Waals surface area contributed by atoms with Crippen LogP contribution in [0.15, 0.2) is 35.5 Å². The third kappa shape index (κ3) is 5.42. The minimum Gasteiger partial charge on any atom is -0.496 e. The summed E-state index contributed by atoms with van der Waals surface area (Å²) >= 11 is 0. The first-order valence-corrected chi connectivity index (χ1v) is 7.19. The van der Waals surface area contributed by atoms with Gasteiger partial charge in [0.2, 0.25) is 0 Å². The fraction of sp³-hybridized carbons (Fsp3) is 0.375. The van der Waals surface area contributed by atoms with E-state index in [4.69, 9.17) is 4.74 Å². The van der Waals surface area contributed by atoms with Crippen molar-refractivity contribution in [3.05, 3.63) is 47.3 Å². The van der Waals surface area contributed by atoms with Gasteiger partial charge in [-0.1, -0.05) is 12.1 Å². The number of benzene rings is 1. The van der Waals surface area contributed by atoms with Gasteiger partial charge in [-0.05, 0) is 30.2 Å². The van der Waals surface area contributed by atoms with Crippen molar-refractivity contribution >= 4 is 29.9 Å². The van der Waals surface area contributed by atoms with Crippen LogP contribution in [-0.2, 0) is 20.1 Å².